The first-order valence-electron chi connectivity index (χ1n) is 6.96. The summed E-state index contributed by atoms with van der Waals surface area (Å²) in [5.41, 5.74) is 0.946. The van der Waals surface area contributed by atoms with E-state index in [4.69, 9.17) is 16.3 Å². The fourth-order valence-electron chi connectivity index (χ4n) is 2.31. The van der Waals surface area contributed by atoms with Crippen LogP contribution in [-0.2, 0) is 9.53 Å². The van der Waals surface area contributed by atoms with Crippen LogP contribution in [0.3, 0.4) is 0 Å². The van der Waals surface area contributed by atoms with Crippen molar-refractivity contribution >= 4 is 17.5 Å². The van der Waals surface area contributed by atoms with Crippen molar-refractivity contribution in [1.29, 1.82) is 0 Å². The minimum Gasteiger partial charge on any atom is -0.366 e. The number of nitrogens with one attached hydrogen (secondary N) is 2. The number of carbonyl (C=O) groups excluding carboxylic acids is 1. The van der Waals surface area contributed by atoms with E-state index in [1.807, 2.05) is 24.3 Å². The maximum Gasteiger partial charge on any atom is 0.250 e. The molecule has 1 aliphatic heterocycles. The zero-order valence-corrected chi connectivity index (χ0v) is 12.6. The fraction of sp³-hybridized carbons (Fsp3) is 0.533. The molecule has 2 unspecified atom stereocenters. The van der Waals surface area contributed by atoms with E-state index in [0.717, 1.165) is 12.1 Å². The summed E-state index contributed by atoms with van der Waals surface area (Å²) in [5, 5.41) is 6.89. The maximum atomic E-state index is 12.3. The predicted octanol–water partition coefficient (Wildman–Crippen LogP) is 2.14. The van der Waals surface area contributed by atoms with Gasteiger partial charge in [-0.05, 0) is 17.5 Å². The smallest absolute Gasteiger partial charge is 0.250 e. The molecule has 110 valence electrons. The van der Waals surface area contributed by atoms with Crippen LogP contribution < -0.4 is 10.6 Å². The predicted molar refractivity (Wildman–Crippen MR) is 79.8 cm³/mol. The van der Waals surface area contributed by atoms with Gasteiger partial charge in [0.2, 0.25) is 0 Å². The first kappa shape index (κ1) is 15.3. The van der Waals surface area contributed by atoms with E-state index < -0.39 is 6.10 Å². The van der Waals surface area contributed by atoms with Gasteiger partial charge in [0.05, 0.1) is 12.6 Å². The number of carbonyl (C=O) groups is 1. The lowest BCUT2D eigenvalue weighted by Gasteiger charge is -2.28. The summed E-state index contributed by atoms with van der Waals surface area (Å²) in [6.45, 7) is 6.04. The van der Waals surface area contributed by atoms with Crippen molar-refractivity contribution in [2.45, 2.75) is 26.0 Å². The summed E-state index contributed by atoms with van der Waals surface area (Å²) >= 11 is 6.24. The summed E-state index contributed by atoms with van der Waals surface area (Å²) in [6.07, 6.45) is -0.424. The van der Waals surface area contributed by atoms with Gasteiger partial charge in [-0.3, -0.25) is 4.79 Å². The van der Waals surface area contributed by atoms with Crippen LogP contribution in [0.15, 0.2) is 24.3 Å². The third-order valence-corrected chi connectivity index (χ3v) is 3.77. The maximum absolute atomic E-state index is 12.3. The molecule has 1 heterocycles. The van der Waals surface area contributed by atoms with Crippen LogP contribution in [0.5, 0.6) is 0 Å². The molecule has 0 spiro atoms. The number of ether oxygens (including phenoxy) is 1. The van der Waals surface area contributed by atoms with Gasteiger partial charge in [0.15, 0.2) is 0 Å². The highest BCUT2D eigenvalue weighted by atomic mass is 35.5. The molecule has 0 aromatic heterocycles. The minimum atomic E-state index is -0.424. The summed E-state index contributed by atoms with van der Waals surface area (Å²) in [6, 6.07) is 7.51. The van der Waals surface area contributed by atoms with E-state index in [1.54, 1.807) is 0 Å². The quantitative estimate of drug-likeness (QED) is 0.895. The van der Waals surface area contributed by atoms with Gasteiger partial charge in [-0.15, -0.1) is 0 Å². The third kappa shape index (κ3) is 3.72. The number of morpholine rings is 1. The first-order valence-corrected chi connectivity index (χ1v) is 7.34. The molecule has 1 fully saturated rings. The molecule has 1 amide bonds. The molecule has 0 saturated carbocycles. The van der Waals surface area contributed by atoms with Gasteiger partial charge in [0, 0.05) is 18.1 Å². The summed E-state index contributed by atoms with van der Waals surface area (Å²) < 4.78 is 5.48. The second-order valence-electron chi connectivity index (χ2n) is 5.32. The van der Waals surface area contributed by atoms with Crippen LogP contribution in [0.1, 0.15) is 25.5 Å². The van der Waals surface area contributed by atoms with E-state index >= 15 is 0 Å². The van der Waals surface area contributed by atoms with E-state index in [2.05, 4.69) is 24.5 Å². The van der Waals surface area contributed by atoms with Gasteiger partial charge in [-0.1, -0.05) is 43.6 Å². The van der Waals surface area contributed by atoms with Gasteiger partial charge < -0.3 is 15.4 Å². The molecule has 20 heavy (non-hydrogen) atoms. The van der Waals surface area contributed by atoms with Crippen molar-refractivity contribution in [1.82, 2.24) is 10.6 Å². The molecule has 0 aliphatic carbocycles. The minimum absolute atomic E-state index is 0.0872. The van der Waals surface area contributed by atoms with Crippen molar-refractivity contribution in [2.75, 3.05) is 19.7 Å². The molecule has 2 N–H and O–H groups in total. The zero-order chi connectivity index (χ0) is 14.5. The Hall–Kier alpha value is -1.10. The molecule has 1 aliphatic rings. The van der Waals surface area contributed by atoms with Crippen LogP contribution >= 0.6 is 11.6 Å². The Labute approximate surface area is 124 Å². The Morgan fingerprint density at radius 3 is 2.80 bits per heavy atom. The van der Waals surface area contributed by atoms with Gasteiger partial charge >= 0.3 is 0 Å². The summed E-state index contributed by atoms with van der Waals surface area (Å²) in [5.74, 6) is 0.159. The van der Waals surface area contributed by atoms with Crippen LogP contribution in [0.25, 0.3) is 0 Å². The standard InChI is InChI=1S/C15H21ClN2O2/c1-10(2)14(11-5-3-4-6-12(11)16)18-15(19)13-9-17-7-8-20-13/h3-6,10,13-14,17H,7-9H2,1-2H3,(H,18,19). The van der Waals surface area contributed by atoms with E-state index in [0.29, 0.717) is 18.2 Å². The monoisotopic (exact) mass is 296 g/mol. The van der Waals surface area contributed by atoms with Crippen molar-refractivity contribution in [3.63, 3.8) is 0 Å². The number of amides is 1. The van der Waals surface area contributed by atoms with Gasteiger partial charge in [0.1, 0.15) is 6.10 Å². The lowest BCUT2D eigenvalue weighted by molar-refractivity contribution is -0.135. The van der Waals surface area contributed by atoms with Crippen molar-refractivity contribution in [3.8, 4) is 0 Å². The molecular formula is C15H21ClN2O2. The first-order chi connectivity index (χ1) is 9.59. The van der Waals surface area contributed by atoms with E-state index in [9.17, 15) is 4.79 Å². The number of benzene rings is 1. The Morgan fingerprint density at radius 1 is 1.45 bits per heavy atom. The molecule has 1 aromatic carbocycles. The van der Waals surface area contributed by atoms with Crippen molar-refractivity contribution in [3.05, 3.63) is 34.9 Å². The van der Waals surface area contributed by atoms with Crippen molar-refractivity contribution in [2.24, 2.45) is 5.92 Å². The third-order valence-electron chi connectivity index (χ3n) is 3.42. The second-order valence-corrected chi connectivity index (χ2v) is 5.72. The molecule has 2 rings (SSSR count). The van der Waals surface area contributed by atoms with Gasteiger partial charge in [-0.2, -0.15) is 0 Å². The Kier molecular flexibility index (Phi) is 5.40. The Morgan fingerprint density at radius 2 is 2.20 bits per heavy atom. The molecule has 5 heteroatoms. The molecule has 1 saturated heterocycles. The van der Waals surface area contributed by atoms with E-state index in [1.165, 1.54) is 0 Å². The second kappa shape index (κ2) is 7.07. The van der Waals surface area contributed by atoms with Crippen LogP contribution in [0, 0.1) is 5.92 Å². The summed E-state index contributed by atoms with van der Waals surface area (Å²) in [7, 11) is 0. The van der Waals surface area contributed by atoms with Crippen LogP contribution in [-0.4, -0.2) is 31.7 Å². The zero-order valence-electron chi connectivity index (χ0n) is 11.9. The number of rotatable bonds is 4. The molecule has 2 atom stereocenters. The number of hydrogen-bond acceptors (Lipinski definition) is 3. The molecule has 4 nitrogen and oxygen atoms in total. The normalized spacial score (nSPS) is 20.7. The molecular weight excluding hydrogens is 276 g/mol. The average Bonchev–Trinajstić information content (AvgIpc) is 2.46. The Balaban J connectivity index is 2.10. The number of hydrogen-bond donors (Lipinski definition) is 2. The van der Waals surface area contributed by atoms with Crippen LogP contribution in [0.4, 0.5) is 0 Å². The highest BCUT2D eigenvalue weighted by Gasteiger charge is 2.26. The lowest BCUT2D eigenvalue weighted by atomic mass is 9.95. The van der Waals surface area contributed by atoms with Gasteiger partial charge in [0.25, 0.3) is 5.91 Å². The largest absolute Gasteiger partial charge is 0.366 e. The Bertz CT molecular complexity index is 459. The summed E-state index contributed by atoms with van der Waals surface area (Å²) in [4.78, 5) is 12.3. The number of halogens is 1. The SMILES string of the molecule is CC(C)C(NC(=O)C1CNCCO1)c1ccccc1Cl. The highest BCUT2D eigenvalue weighted by Crippen LogP contribution is 2.28. The topological polar surface area (TPSA) is 50.4 Å². The average molecular weight is 297 g/mol. The van der Waals surface area contributed by atoms with Gasteiger partial charge in [-0.25, -0.2) is 0 Å². The highest BCUT2D eigenvalue weighted by molar-refractivity contribution is 6.31. The lowest BCUT2D eigenvalue weighted by Crippen LogP contribution is -2.49. The van der Waals surface area contributed by atoms with Crippen LogP contribution in [0.2, 0.25) is 5.02 Å². The molecule has 1 aromatic rings. The fourth-order valence-corrected chi connectivity index (χ4v) is 2.56. The van der Waals surface area contributed by atoms with Crippen molar-refractivity contribution < 1.29 is 9.53 Å². The molecule has 0 bridgehead atoms. The molecule has 0 radical (unpaired) electrons. The van der Waals surface area contributed by atoms with E-state index in [-0.39, 0.29) is 17.9 Å².